The highest BCUT2D eigenvalue weighted by atomic mass is 79.9. The van der Waals surface area contributed by atoms with E-state index in [2.05, 4.69) is 31.4 Å². The first kappa shape index (κ1) is 13.9. The lowest BCUT2D eigenvalue weighted by molar-refractivity contribution is -0.385. The number of rotatable bonds is 4. The molecule has 0 amide bonds. The molecule has 0 fully saturated rings. The molecule has 0 saturated heterocycles. The Hall–Kier alpha value is -2.48. The number of halogens is 1. The van der Waals surface area contributed by atoms with Gasteiger partial charge in [0.1, 0.15) is 17.8 Å². The first-order valence-electron chi connectivity index (χ1n) is 5.44. The number of aromatic nitrogens is 1. The van der Waals surface area contributed by atoms with E-state index < -0.39 is 4.92 Å². The number of hydrazone groups is 1. The molecule has 20 heavy (non-hydrogen) atoms. The fraction of sp³-hybridized carbons (Fsp3) is 0. The molecule has 0 aliphatic heterocycles. The van der Waals surface area contributed by atoms with Crippen molar-refractivity contribution in [1.29, 1.82) is 0 Å². The number of nitrogens with zero attached hydrogens (tertiary/aromatic N) is 3. The Labute approximate surface area is 122 Å². The van der Waals surface area contributed by atoms with Crippen LogP contribution in [-0.2, 0) is 0 Å². The van der Waals surface area contributed by atoms with Crippen LogP contribution < -0.4 is 5.43 Å². The van der Waals surface area contributed by atoms with Crippen LogP contribution in [0.25, 0.3) is 0 Å². The van der Waals surface area contributed by atoms with Gasteiger partial charge in [0.2, 0.25) is 0 Å². The summed E-state index contributed by atoms with van der Waals surface area (Å²) in [5, 5.41) is 24.0. The number of benzene rings is 1. The SMILES string of the molecule is O=[N+]([O-])c1ccc(N/N=C/c2cc(Br)ccc2O)nc1. The van der Waals surface area contributed by atoms with Gasteiger partial charge in [-0.2, -0.15) is 5.10 Å². The Morgan fingerprint density at radius 2 is 2.20 bits per heavy atom. The maximum Gasteiger partial charge on any atom is 0.287 e. The molecule has 0 radical (unpaired) electrons. The third kappa shape index (κ3) is 3.51. The van der Waals surface area contributed by atoms with Crippen molar-refractivity contribution in [3.8, 4) is 5.75 Å². The van der Waals surface area contributed by atoms with Crippen LogP contribution in [-0.4, -0.2) is 21.2 Å². The lowest BCUT2D eigenvalue weighted by Gasteiger charge is -2.00. The Bertz CT molecular complexity index is 658. The zero-order chi connectivity index (χ0) is 14.5. The van der Waals surface area contributed by atoms with Crippen LogP contribution in [0.3, 0.4) is 0 Å². The van der Waals surface area contributed by atoms with E-state index in [0.29, 0.717) is 11.4 Å². The Kier molecular flexibility index (Phi) is 4.26. The molecule has 102 valence electrons. The van der Waals surface area contributed by atoms with E-state index in [1.165, 1.54) is 24.4 Å². The van der Waals surface area contributed by atoms with Gasteiger partial charge in [-0.25, -0.2) is 4.98 Å². The van der Waals surface area contributed by atoms with Gasteiger partial charge >= 0.3 is 0 Å². The minimum absolute atomic E-state index is 0.0930. The smallest absolute Gasteiger partial charge is 0.287 e. The third-order valence-corrected chi connectivity index (χ3v) is 2.82. The number of phenolic OH excluding ortho intramolecular Hbond substituents is 1. The second kappa shape index (κ2) is 6.11. The number of nitrogens with one attached hydrogen (secondary N) is 1. The molecule has 0 spiro atoms. The molecule has 0 saturated carbocycles. The average molecular weight is 337 g/mol. The van der Waals surface area contributed by atoms with Crippen molar-refractivity contribution in [2.75, 3.05) is 5.43 Å². The van der Waals surface area contributed by atoms with Gasteiger partial charge in [0.25, 0.3) is 5.69 Å². The van der Waals surface area contributed by atoms with Crippen molar-refractivity contribution in [1.82, 2.24) is 4.98 Å². The van der Waals surface area contributed by atoms with Crippen LogP contribution >= 0.6 is 15.9 Å². The Morgan fingerprint density at radius 1 is 1.40 bits per heavy atom. The van der Waals surface area contributed by atoms with Crippen molar-refractivity contribution >= 4 is 33.6 Å². The molecule has 0 aliphatic carbocycles. The van der Waals surface area contributed by atoms with Crippen LogP contribution in [0.4, 0.5) is 11.5 Å². The number of nitro groups is 1. The lowest BCUT2D eigenvalue weighted by atomic mass is 10.2. The molecule has 2 rings (SSSR count). The van der Waals surface area contributed by atoms with Gasteiger partial charge in [-0.15, -0.1) is 0 Å². The highest BCUT2D eigenvalue weighted by Crippen LogP contribution is 2.20. The van der Waals surface area contributed by atoms with E-state index >= 15 is 0 Å². The molecule has 7 nitrogen and oxygen atoms in total. The highest BCUT2D eigenvalue weighted by Gasteiger charge is 2.04. The van der Waals surface area contributed by atoms with Gasteiger partial charge in [-0.1, -0.05) is 15.9 Å². The van der Waals surface area contributed by atoms with E-state index in [9.17, 15) is 15.2 Å². The molecular formula is C12H9BrN4O3. The quantitative estimate of drug-likeness (QED) is 0.507. The van der Waals surface area contributed by atoms with Crippen LogP contribution in [0.15, 0.2) is 46.1 Å². The van der Waals surface area contributed by atoms with Crippen molar-refractivity contribution in [2.45, 2.75) is 0 Å². The van der Waals surface area contributed by atoms with E-state index in [1.54, 1.807) is 12.1 Å². The summed E-state index contributed by atoms with van der Waals surface area (Å²) in [6, 6.07) is 7.70. The summed E-state index contributed by atoms with van der Waals surface area (Å²) in [5.41, 5.74) is 3.04. The normalized spacial score (nSPS) is 10.7. The van der Waals surface area contributed by atoms with Gasteiger partial charge in [0.05, 0.1) is 11.1 Å². The van der Waals surface area contributed by atoms with E-state index in [1.807, 2.05) is 0 Å². The first-order chi connectivity index (χ1) is 9.56. The summed E-state index contributed by atoms with van der Waals surface area (Å²) < 4.78 is 0.810. The lowest BCUT2D eigenvalue weighted by Crippen LogP contribution is -1.95. The molecule has 8 heteroatoms. The minimum Gasteiger partial charge on any atom is -0.507 e. The molecule has 1 heterocycles. The fourth-order valence-corrected chi connectivity index (χ4v) is 1.74. The Morgan fingerprint density at radius 3 is 2.85 bits per heavy atom. The predicted octanol–water partition coefficient (Wildman–Crippen LogP) is 2.90. The number of hydrogen-bond acceptors (Lipinski definition) is 6. The zero-order valence-electron chi connectivity index (χ0n) is 10.0. The topological polar surface area (TPSA) is 101 Å². The van der Waals surface area contributed by atoms with Gasteiger partial charge in [-0.05, 0) is 24.3 Å². The fourth-order valence-electron chi connectivity index (χ4n) is 1.36. The average Bonchev–Trinajstić information content (AvgIpc) is 2.43. The number of hydrogen-bond donors (Lipinski definition) is 2. The molecular weight excluding hydrogens is 328 g/mol. The summed E-state index contributed by atoms with van der Waals surface area (Å²) >= 11 is 3.29. The van der Waals surface area contributed by atoms with Gasteiger partial charge in [-0.3, -0.25) is 15.5 Å². The maximum atomic E-state index is 10.5. The second-order valence-corrected chi connectivity index (χ2v) is 4.65. The molecule has 2 aromatic rings. The van der Waals surface area contributed by atoms with Gasteiger partial charge in [0, 0.05) is 16.1 Å². The summed E-state index contributed by atoms with van der Waals surface area (Å²) in [5.74, 6) is 0.455. The summed E-state index contributed by atoms with van der Waals surface area (Å²) in [4.78, 5) is 13.8. The van der Waals surface area contributed by atoms with Crippen molar-refractivity contribution in [3.05, 3.63) is 56.7 Å². The summed E-state index contributed by atoms with van der Waals surface area (Å²) in [6.45, 7) is 0. The standard InChI is InChI=1S/C12H9BrN4O3/c13-9-1-3-11(18)8(5-9)6-15-16-12-4-2-10(7-14-12)17(19)20/h1-7,18H,(H,14,16)/b15-6+. The van der Waals surface area contributed by atoms with Crippen molar-refractivity contribution < 1.29 is 10.0 Å². The highest BCUT2D eigenvalue weighted by molar-refractivity contribution is 9.10. The molecule has 2 N–H and O–H groups in total. The number of aromatic hydroxyl groups is 1. The van der Waals surface area contributed by atoms with E-state index in [4.69, 9.17) is 0 Å². The predicted molar refractivity (Wildman–Crippen MR) is 77.9 cm³/mol. The largest absolute Gasteiger partial charge is 0.507 e. The molecule has 0 atom stereocenters. The van der Waals surface area contributed by atoms with E-state index in [0.717, 1.165) is 10.7 Å². The second-order valence-electron chi connectivity index (χ2n) is 3.73. The van der Waals surface area contributed by atoms with Crippen LogP contribution in [0, 0.1) is 10.1 Å². The monoisotopic (exact) mass is 336 g/mol. The molecule has 1 aromatic heterocycles. The minimum atomic E-state index is -0.528. The summed E-state index contributed by atoms with van der Waals surface area (Å²) in [7, 11) is 0. The molecule has 0 aliphatic rings. The molecule has 1 aromatic carbocycles. The van der Waals surface area contributed by atoms with Gasteiger partial charge in [0.15, 0.2) is 0 Å². The molecule has 0 unspecified atom stereocenters. The van der Waals surface area contributed by atoms with Crippen molar-refractivity contribution in [3.63, 3.8) is 0 Å². The first-order valence-corrected chi connectivity index (χ1v) is 6.23. The van der Waals surface area contributed by atoms with Gasteiger partial charge < -0.3 is 5.11 Å². The summed E-state index contributed by atoms with van der Waals surface area (Å²) in [6.07, 6.45) is 2.55. The number of anilines is 1. The van der Waals surface area contributed by atoms with Crippen molar-refractivity contribution in [2.24, 2.45) is 5.10 Å². The van der Waals surface area contributed by atoms with Crippen LogP contribution in [0.1, 0.15) is 5.56 Å². The number of phenols is 1. The molecule has 0 bridgehead atoms. The van der Waals surface area contributed by atoms with Crippen LogP contribution in [0.2, 0.25) is 0 Å². The maximum absolute atomic E-state index is 10.5. The zero-order valence-corrected chi connectivity index (χ0v) is 11.6. The van der Waals surface area contributed by atoms with E-state index in [-0.39, 0.29) is 11.4 Å². The Balaban J connectivity index is 2.06. The van der Waals surface area contributed by atoms with Crippen LogP contribution in [0.5, 0.6) is 5.75 Å². The number of pyridine rings is 1. The third-order valence-electron chi connectivity index (χ3n) is 2.33.